The number of halogens is 3. The van der Waals surface area contributed by atoms with Gasteiger partial charge in [0.15, 0.2) is 0 Å². The molecular formula is C23H21F3N6O2. The Bertz CT molecular complexity index is 1190. The molecule has 176 valence electrons. The van der Waals surface area contributed by atoms with Crippen LogP contribution in [0.4, 0.5) is 19.0 Å². The highest BCUT2D eigenvalue weighted by Gasteiger charge is 2.36. The number of morpholine rings is 1. The molecule has 8 nitrogen and oxygen atoms in total. The standard InChI is InChI=1S/C23H21F3N6O2/c24-23(25,26)22-30-20(32-7-9-33-10-8-32)12-21(31-22)34-19-11-16(13-28)1-3-17(19)18-4-2-15(5-6-27)14-29-18/h1-4,11-12,14H,5-10,27H2. The number of alkyl halides is 3. The predicted molar refractivity (Wildman–Crippen MR) is 117 cm³/mol. The summed E-state index contributed by atoms with van der Waals surface area (Å²) in [6.07, 6.45) is -2.43. The number of rotatable bonds is 6. The van der Waals surface area contributed by atoms with Gasteiger partial charge < -0.3 is 20.1 Å². The van der Waals surface area contributed by atoms with Crippen LogP contribution in [0.1, 0.15) is 17.0 Å². The number of benzene rings is 1. The minimum atomic E-state index is -4.77. The topological polar surface area (TPSA) is 110 Å². The van der Waals surface area contributed by atoms with Crippen LogP contribution in [0, 0.1) is 11.3 Å². The summed E-state index contributed by atoms with van der Waals surface area (Å²) < 4.78 is 51.7. The van der Waals surface area contributed by atoms with Crippen molar-refractivity contribution in [2.24, 2.45) is 5.73 Å². The van der Waals surface area contributed by atoms with Crippen LogP contribution in [0.2, 0.25) is 0 Å². The second-order valence-corrected chi connectivity index (χ2v) is 7.50. The van der Waals surface area contributed by atoms with E-state index in [9.17, 15) is 18.4 Å². The number of nitriles is 1. The minimum Gasteiger partial charge on any atom is -0.438 e. The van der Waals surface area contributed by atoms with E-state index >= 15 is 0 Å². The molecule has 3 aromatic rings. The van der Waals surface area contributed by atoms with E-state index in [4.69, 9.17) is 15.2 Å². The van der Waals surface area contributed by atoms with Crippen molar-refractivity contribution in [1.29, 1.82) is 5.26 Å². The molecule has 0 amide bonds. The Morgan fingerprint density at radius 3 is 2.56 bits per heavy atom. The molecule has 2 N–H and O–H groups in total. The van der Waals surface area contributed by atoms with Crippen molar-refractivity contribution < 1.29 is 22.6 Å². The fraction of sp³-hybridized carbons (Fsp3) is 0.304. The molecule has 34 heavy (non-hydrogen) atoms. The van der Waals surface area contributed by atoms with E-state index in [1.54, 1.807) is 29.3 Å². The van der Waals surface area contributed by atoms with Crippen LogP contribution in [0.5, 0.6) is 11.6 Å². The van der Waals surface area contributed by atoms with Gasteiger partial charge in [0.2, 0.25) is 11.7 Å². The first kappa shape index (κ1) is 23.4. The van der Waals surface area contributed by atoms with Crippen molar-refractivity contribution >= 4 is 5.82 Å². The number of hydrogen-bond acceptors (Lipinski definition) is 8. The van der Waals surface area contributed by atoms with E-state index in [1.807, 2.05) is 12.1 Å². The van der Waals surface area contributed by atoms with Crippen LogP contribution in [-0.4, -0.2) is 47.8 Å². The van der Waals surface area contributed by atoms with Gasteiger partial charge in [0.25, 0.3) is 0 Å². The van der Waals surface area contributed by atoms with Crippen molar-refractivity contribution in [3.63, 3.8) is 0 Å². The Morgan fingerprint density at radius 1 is 1.12 bits per heavy atom. The van der Waals surface area contributed by atoms with Gasteiger partial charge in [-0.05, 0) is 42.8 Å². The fourth-order valence-corrected chi connectivity index (χ4v) is 3.45. The molecule has 0 atom stereocenters. The van der Waals surface area contributed by atoms with Crippen molar-refractivity contribution in [3.8, 4) is 29.0 Å². The molecule has 11 heteroatoms. The third-order valence-electron chi connectivity index (χ3n) is 5.14. The largest absolute Gasteiger partial charge is 0.451 e. The number of nitrogens with zero attached hydrogens (tertiary/aromatic N) is 5. The summed E-state index contributed by atoms with van der Waals surface area (Å²) in [6, 6.07) is 11.6. The molecule has 1 aliphatic rings. The third kappa shape index (κ3) is 5.41. The van der Waals surface area contributed by atoms with Crippen LogP contribution >= 0.6 is 0 Å². The Morgan fingerprint density at radius 2 is 1.91 bits per heavy atom. The van der Waals surface area contributed by atoms with Gasteiger partial charge in [-0.3, -0.25) is 4.98 Å². The molecule has 0 bridgehead atoms. The van der Waals surface area contributed by atoms with Gasteiger partial charge in [-0.1, -0.05) is 6.07 Å². The summed E-state index contributed by atoms with van der Waals surface area (Å²) >= 11 is 0. The number of pyridine rings is 1. The van der Waals surface area contributed by atoms with Crippen LogP contribution in [0.25, 0.3) is 11.3 Å². The summed E-state index contributed by atoms with van der Waals surface area (Å²) in [7, 11) is 0. The maximum Gasteiger partial charge on any atom is 0.451 e. The van der Waals surface area contributed by atoms with E-state index in [0.717, 1.165) is 5.56 Å². The first-order valence-electron chi connectivity index (χ1n) is 10.5. The van der Waals surface area contributed by atoms with Gasteiger partial charge in [-0.2, -0.15) is 23.4 Å². The molecule has 1 fully saturated rings. The smallest absolute Gasteiger partial charge is 0.438 e. The van der Waals surface area contributed by atoms with E-state index in [-0.39, 0.29) is 23.0 Å². The van der Waals surface area contributed by atoms with Gasteiger partial charge in [0.05, 0.1) is 30.5 Å². The second kappa shape index (κ2) is 10.0. The molecule has 1 aliphatic heterocycles. The van der Waals surface area contributed by atoms with Crippen molar-refractivity contribution in [2.45, 2.75) is 12.6 Å². The van der Waals surface area contributed by atoms with E-state index in [2.05, 4.69) is 15.0 Å². The number of anilines is 1. The van der Waals surface area contributed by atoms with Gasteiger partial charge in [0.1, 0.15) is 11.6 Å². The second-order valence-electron chi connectivity index (χ2n) is 7.50. The first-order valence-corrected chi connectivity index (χ1v) is 10.5. The monoisotopic (exact) mass is 470 g/mol. The molecule has 0 radical (unpaired) electrons. The number of ether oxygens (including phenoxy) is 2. The number of aromatic nitrogens is 3. The summed E-state index contributed by atoms with van der Waals surface area (Å²) in [4.78, 5) is 13.4. The molecule has 0 spiro atoms. The first-order chi connectivity index (χ1) is 16.4. The van der Waals surface area contributed by atoms with Crippen LogP contribution in [0.15, 0.2) is 42.6 Å². The molecule has 1 aromatic carbocycles. The average molecular weight is 470 g/mol. The van der Waals surface area contributed by atoms with Gasteiger partial charge in [-0.15, -0.1) is 0 Å². The number of hydrogen-bond donors (Lipinski definition) is 1. The minimum absolute atomic E-state index is 0.0860. The summed E-state index contributed by atoms with van der Waals surface area (Å²) in [5, 5.41) is 9.32. The molecule has 1 saturated heterocycles. The highest BCUT2D eigenvalue weighted by atomic mass is 19.4. The molecular weight excluding hydrogens is 449 g/mol. The zero-order chi connectivity index (χ0) is 24.1. The lowest BCUT2D eigenvalue weighted by molar-refractivity contribution is -0.145. The van der Waals surface area contributed by atoms with Crippen molar-refractivity contribution in [1.82, 2.24) is 15.0 Å². The third-order valence-corrected chi connectivity index (χ3v) is 5.14. The van der Waals surface area contributed by atoms with Gasteiger partial charge in [-0.25, -0.2) is 4.98 Å². The molecule has 4 rings (SSSR count). The summed E-state index contributed by atoms with van der Waals surface area (Å²) in [5.41, 5.74) is 7.83. The quantitative estimate of drug-likeness (QED) is 0.582. The maximum absolute atomic E-state index is 13.5. The molecule has 0 saturated carbocycles. The van der Waals surface area contributed by atoms with Gasteiger partial charge in [0, 0.05) is 30.9 Å². The lowest BCUT2D eigenvalue weighted by Crippen LogP contribution is -2.37. The van der Waals surface area contributed by atoms with E-state index in [0.29, 0.717) is 50.5 Å². The maximum atomic E-state index is 13.5. The van der Waals surface area contributed by atoms with Crippen molar-refractivity contribution in [3.05, 3.63) is 59.5 Å². The molecule has 2 aromatic heterocycles. The van der Waals surface area contributed by atoms with E-state index < -0.39 is 12.0 Å². The van der Waals surface area contributed by atoms with E-state index in [1.165, 1.54) is 12.1 Å². The SMILES string of the molecule is N#Cc1ccc(-c2ccc(CCN)cn2)c(Oc2cc(N3CCOCC3)nc(C(F)(F)F)n2)c1. The molecule has 0 aliphatic carbocycles. The Kier molecular flexibility index (Phi) is 6.90. The highest BCUT2D eigenvalue weighted by molar-refractivity contribution is 5.69. The fourth-order valence-electron chi connectivity index (χ4n) is 3.45. The molecule has 0 unspecified atom stereocenters. The van der Waals surface area contributed by atoms with Crippen LogP contribution in [-0.2, 0) is 17.3 Å². The van der Waals surface area contributed by atoms with Gasteiger partial charge >= 0.3 is 6.18 Å². The Balaban J connectivity index is 1.74. The average Bonchev–Trinajstić information content (AvgIpc) is 2.84. The zero-order valence-electron chi connectivity index (χ0n) is 18.0. The summed E-state index contributed by atoms with van der Waals surface area (Å²) in [6.45, 7) is 2.01. The lowest BCUT2D eigenvalue weighted by Gasteiger charge is -2.28. The lowest BCUT2D eigenvalue weighted by atomic mass is 10.1. The summed E-state index contributed by atoms with van der Waals surface area (Å²) in [5.74, 6) is -1.37. The zero-order valence-corrected chi connectivity index (χ0v) is 18.0. The predicted octanol–water partition coefficient (Wildman–Crippen LogP) is 3.56. The van der Waals surface area contributed by atoms with Crippen molar-refractivity contribution in [2.75, 3.05) is 37.7 Å². The number of nitrogens with two attached hydrogens (primary N) is 1. The highest BCUT2D eigenvalue weighted by Crippen LogP contribution is 2.36. The Hall–Kier alpha value is -3.75. The van der Waals surface area contributed by atoms with Crippen LogP contribution in [0.3, 0.4) is 0 Å². The van der Waals surface area contributed by atoms with Crippen LogP contribution < -0.4 is 15.4 Å². The Labute approximate surface area is 193 Å². The normalized spacial score (nSPS) is 14.0. The molecule has 3 heterocycles.